The molecule has 0 radical (unpaired) electrons. The minimum Gasteiger partial charge on any atom is -0.497 e. The molecular weight excluding hydrogens is 350 g/mol. The number of aromatic amines is 1. The molecule has 0 saturated carbocycles. The Labute approximate surface area is 156 Å². The number of carbonyl (C=O) groups excluding carboxylic acids is 1. The largest absolute Gasteiger partial charge is 0.497 e. The van der Waals surface area contributed by atoms with E-state index in [1.807, 2.05) is 18.2 Å². The summed E-state index contributed by atoms with van der Waals surface area (Å²) in [5.41, 5.74) is 0.381. The number of rotatable bonds is 5. The first kappa shape index (κ1) is 18.8. The van der Waals surface area contributed by atoms with E-state index in [9.17, 15) is 14.4 Å². The Kier molecular flexibility index (Phi) is 5.34. The highest BCUT2D eigenvalue weighted by atomic mass is 16.5. The SMILES string of the molecule is COc1ccc(OC)c(C2CCN(C(=O)Cn3cc(C)c(=O)[nH]c3=O)C2)c1. The van der Waals surface area contributed by atoms with Gasteiger partial charge < -0.3 is 14.4 Å². The molecule has 1 unspecified atom stereocenters. The molecule has 8 heteroatoms. The number of amides is 1. The first-order valence-corrected chi connectivity index (χ1v) is 8.73. The molecule has 1 N–H and O–H groups in total. The lowest BCUT2D eigenvalue weighted by atomic mass is 9.97. The second-order valence-corrected chi connectivity index (χ2v) is 6.63. The first-order valence-electron chi connectivity index (χ1n) is 8.73. The van der Waals surface area contributed by atoms with Gasteiger partial charge in [-0.05, 0) is 31.5 Å². The van der Waals surface area contributed by atoms with E-state index in [2.05, 4.69) is 4.98 Å². The van der Waals surface area contributed by atoms with Crippen molar-refractivity contribution in [1.29, 1.82) is 0 Å². The highest BCUT2D eigenvalue weighted by molar-refractivity contribution is 5.76. The van der Waals surface area contributed by atoms with Crippen LogP contribution in [-0.4, -0.2) is 47.7 Å². The van der Waals surface area contributed by atoms with Crippen molar-refractivity contribution in [3.8, 4) is 11.5 Å². The number of nitrogens with zero attached hydrogens (tertiary/aromatic N) is 2. The summed E-state index contributed by atoms with van der Waals surface area (Å²) in [6.07, 6.45) is 2.21. The number of methoxy groups -OCH3 is 2. The molecule has 1 aromatic carbocycles. The molecule has 1 aliphatic rings. The van der Waals surface area contributed by atoms with Crippen molar-refractivity contribution in [3.05, 3.63) is 56.4 Å². The number of hydrogen-bond acceptors (Lipinski definition) is 5. The molecule has 1 amide bonds. The maximum Gasteiger partial charge on any atom is 0.328 e. The third-order valence-electron chi connectivity index (χ3n) is 4.91. The van der Waals surface area contributed by atoms with Crippen LogP contribution in [0.5, 0.6) is 11.5 Å². The first-order chi connectivity index (χ1) is 12.9. The molecular formula is C19H23N3O5. The molecule has 2 aromatic rings. The summed E-state index contributed by atoms with van der Waals surface area (Å²) in [6, 6.07) is 5.64. The Hall–Kier alpha value is -3.03. The molecule has 1 fully saturated rings. The quantitative estimate of drug-likeness (QED) is 0.840. The number of aryl methyl sites for hydroxylation is 1. The molecule has 1 aromatic heterocycles. The van der Waals surface area contributed by atoms with Gasteiger partial charge in [0.2, 0.25) is 5.91 Å². The summed E-state index contributed by atoms with van der Waals surface area (Å²) >= 11 is 0. The Balaban J connectivity index is 1.75. The summed E-state index contributed by atoms with van der Waals surface area (Å²) in [5, 5.41) is 0. The van der Waals surface area contributed by atoms with Crippen molar-refractivity contribution >= 4 is 5.91 Å². The normalized spacial score (nSPS) is 16.4. The van der Waals surface area contributed by atoms with Crippen LogP contribution in [0.15, 0.2) is 34.0 Å². The predicted molar refractivity (Wildman–Crippen MR) is 99.5 cm³/mol. The smallest absolute Gasteiger partial charge is 0.328 e. The molecule has 1 saturated heterocycles. The Morgan fingerprint density at radius 3 is 2.74 bits per heavy atom. The van der Waals surface area contributed by atoms with Crippen LogP contribution in [0, 0.1) is 6.92 Å². The van der Waals surface area contributed by atoms with Crippen molar-refractivity contribution < 1.29 is 14.3 Å². The molecule has 1 aliphatic heterocycles. The van der Waals surface area contributed by atoms with Gasteiger partial charge in [0.25, 0.3) is 5.56 Å². The molecule has 27 heavy (non-hydrogen) atoms. The summed E-state index contributed by atoms with van der Waals surface area (Å²) < 4.78 is 12.0. The highest BCUT2D eigenvalue weighted by Crippen LogP contribution is 2.36. The molecule has 144 valence electrons. The third kappa shape index (κ3) is 3.89. The standard InChI is InChI=1S/C19H23N3O5/c1-12-9-22(19(25)20-18(12)24)11-17(23)21-7-6-13(10-21)15-8-14(26-2)4-5-16(15)27-3/h4-5,8-9,13H,6-7,10-11H2,1-3H3,(H,20,24,25). The number of carbonyl (C=O) groups is 1. The van der Waals surface area contributed by atoms with E-state index in [1.54, 1.807) is 26.0 Å². The van der Waals surface area contributed by atoms with Crippen molar-refractivity contribution in [3.63, 3.8) is 0 Å². The average Bonchev–Trinajstić information content (AvgIpc) is 3.15. The predicted octanol–water partition coefficient (Wildman–Crippen LogP) is 0.878. The summed E-state index contributed by atoms with van der Waals surface area (Å²) in [6.45, 7) is 2.64. The summed E-state index contributed by atoms with van der Waals surface area (Å²) in [7, 11) is 3.23. The van der Waals surface area contributed by atoms with E-state index < -0.39 is 11.2 Å². The zero-order valence-electron chi connectivity index (χ0n) is 15.7. The van der Waals surface area contributed by atoms with Crippen LogP contribution in [0.1, 0.15) is 23.5 Å². The average molecular weight is 373 g/mol. The minimum atomic E-state index is -0.579. The number of hydrogen-bond donors (Lipinski definition) is 1. The van der Waals surface area contributed by atoms with Crippen LogP contribution in [0.3, 0.4) is 0 Å². The fourth-order valence-corrected chi connectivity index (χ4v) is 3.38. The summed E-state index contributed by atoms with van der Waals surface area (Å²) in [4.78, 5) is 39.9. The van der Waals surface area contributed by atoms with E-state index in [0.717, 1.165) is 23.5 Å². The van der Waals surface area contributed by atoms with Crippen molar-refractivity contribution in [1.82, 2.24) is 14.5 Å². The number of aromatic nitrogens is 2. The number of nitrogens with one attached hydrogen (secondary N) is 1. The Morgan fingerprint density at radius 2 is 2.04 bits per heavy atom. The third-order valence-corrected chi connectivity index (χ3v) is 4.91. The zero-order chi connectivity index (χ0) is 19.6. The van der Waals surface area contributed by atoms with Crippen LogP contribution in [0.25, 0.3) is 0 Å². The van der Waals surface area contributed by atoms with Crippen molar-refractivity contribution in [2.45, 2.75) is 25.8 Å². The van der Waals surface area contributed by atoms with Crippen LogP contribution in [0.4, 0.5) is 0 Å². The van der Waals surface area contributed by atoms with Gasteiger partial charge in [0.1, 0.15) is 18.0 Å². The van der Waals surface area contributed by atoms with Gasteiger partial charge in [-0.25, -0.2) is 4.79 Å². The second kappa shape index (κ2) is 7.69. The van der Waals surface area contributed by atoms with Crippen LogP contribution < -0.4 is 20.7 Å². The Morgan fingerprint density at radius 1 is 1.26 bits per heavy atom. The van der Waals surface area contributed by atoms with Crippen LogP contribution >= 0.6 is 0 Å². The van der Waals surface area contributed by atoms with E-state index in [1.165, 1.54) is 10.8 Å². The zero-order valence-corrected chi connectivity index (χ0v) is 15.7. The monoisotopic (exact) mass is 373 g/mol. The van der Waals surface area contributed by atoms with Gasteiger partial charge in [-0.2, -0.15) is 0 Å². The number of H-pyrrole nitrogens is 1. The second-order valence-electron chi connectivity index (χ2n) is 6.63. The molecule has 0 bridgehead atoms. The minimum absolute atomic E-state index is 0.0988. The van der Waals surface area contributed by atoms with Gasteiger partial charge in [0.15, 0.2) is 0 Å². The molecule has 3 rings (SSSR count). The van der Waals surface area contributed by atoms with E-state index in [-0.39, 0.29) is 18.4 Å². The van der Waals surface area contributed by atoms with E-state index in [4.69, 9.17) is 9.47 Å². The topological polar surface area (TPSA) is 93.6 Å². The maximum absolute atomic E-state index is 12.6. The van der Waals surface area contributed by atoms with Crippen molar-refractivity contribution in [2.24, 2.45) is 0 Å². The fraction of sp³-hybridized carbons (Fsp3) is 0.421. The van der Waals surface area contributed by atoms with E-state index in [0.29, 0.717) is 18.7 Å². The molecule has 0 spiro atoms. The van der Waals surface area contributed by atoms with Gasteiger partial charge in [-0.15, -0.1) is 0 Å². The van der Waals surface area contributed by atoms with Crippen molar-refractivity contribution in [2.75, 3.05) is 27.3 Å². The number of ether oxygens (including phenoxy) is 2. The maximum atomic E-state index is 12.6. The molecule has 8 nitrogen and oxygen atoms in total. The van der Waals surface area contributed by atoms with Gasteiger partial charge in [-0.1, -0.05) is 0 Å². The van der Waals surface area contributed by atoms with E-state index >= 15 is 0 Å². The lowest BCUT2D eigenvalue weighted by Gasteiger charge is -2.19. The van der Waals surface area contributed by atoms with Crippen LogP contribution in [-0.2, 0) is 11.3 Å². The van der Waals surface area contributed by atoms with Gasteiger partial charge in [0.05, 0.1) is 14.2 Å². The number of benzene rings is 1. The lowest BCUT2D eigenvalue weighted by molar-refractivity contribution is -0.130. The summed E-state index contributed by atoms with van der Waals surface area (Å²) in [5.74, 6) is 1.48. The fourth-order valence-electron chi connectivity index (χ4n) is 3.38. The van der Waals surface area contributed by atoms with Gasteiger partial charge in [0, 0.05) is 36.3 Å². The lowest BCUT2D eigenvalue weighted by Crippen LogP contribution is -2.38. The molecule has 1 atom stereocenters. The van der Waals surface area contributed by atoms with Crippen LogP contribution in [0.2, 0.25) is 0 Å². The molecule has 0 aliphatic carbocycles. The highest BCUT2D eigenvalue weighted by Gasteiger charge is 2.29. The van der Waals surface area contributed by atoms with Gasteiger partial charge in [-0.3, -0.25) is 19.1 Å². The van der Waals surface area contributed by atoms with Gasteiger partial charge >= 0.3 is 5.69 Å². The molecule has 2 heterocycles. The Bertz CT molecular complexity index is 963. The number of likely N-dealkylation sites (tertiary alicyclic amines) is 1.